The van der Waals surface area contributed by atoms with Crippen molar-refractivity contribution in [3.05, 3.63) is 34.5 Å². The Morgan fingerprint density at radius 3 is 3.17 bits per heavy atom. The van der Waals surface area contributed by atoms with Crippen LogP contribution in [-0.4, -0.2) is 29.5 Å². The van der Waals surface area contributed by atoms with E-state index < -0.39 is 0 Å². The lowest BCUT2D eigenvalue weighted by molar-refractivity contribution is 0.217. The Bertz CT molecular complexity index is 602. The van der Waals surface area contributed by atoms with E-state index in [2.05, 4.69) is 22.0 Å². The van der Waals surface area contributed by atoms with Gasteiger partial charge >= 0.3 is 0 Å². The average Bonchev–Trinajstić information content (AvgIpc) is 2.72. The molecule has 1 fully saturated rings. The lowest BCUT2D eigenvalue weighted by Crippen LogP contribution is -2.33. The maximum Gasteiger partial charge on any atom is 0.0648 e. The molecule has 2 aliphatic heterocycles. The molecule has 1 saturated heterocycles. The molecule has 2 aromatic rings. The molecule has 2 aliphatic rings. The summed E-state index contributed by atoms with van der Waals surface area (Å²) in [6.45, 7) is 3.69. The van der Waals surface area contributed by atoms with E-state index >= 15 is 0 Å². The number of rotatable bonds is 0. The Morgan fingerprint density at radius 1 is 1.28 bits per heavy atom. The van der Waals surface area contributed by atoms with Gasteiger partial charge in [-0.2, -0.15) is 0 Å². The lowest BCUT2D eigenvalue weighted by Gasteiger charge is -2.29. The average molecular weight is 261 g/mol. The first-order valence-electron chi connectivity index (χ1n) is 6.84. The van der Waals surface area contributed by atoms with Crippen molar-refractivity contribution in [2.24, 2.45) is 0 Å². The molecule has 1 aromatic heterocycles. The maximum atomic E-state index is 6.31. The Hall–Kier alpha value is -0.990. The number of nitrogens with one attached hydrogen (secondary N) is 1. The lowest BCUT2D eigenvalue weighted by atomic mass is 9.93. The van der Waals surface area contributed by atoms with E-state index in [1.165, 1.54) is 49.1 Å². The summed E-state index contributed by atoms with van der Waals surface area (Å²) in [7, 11) is 0. The molecule has 2 unspecified atom stereocenters. The molecule has 4 rings (SSSR count). The molecule has 3 heterocycles. The summed E-state index contributed by atoms with van der Waals surface area (Å²) in [5.74, 6) is 0.680. The number of fused-ring (bicyclic) bond motifs is 6. The molecule has 0 spiro atoms. The molecule has 3 heteroatoms. The van der Waals surface area contributed by atoms with Crippen molar-refractivity contribution >= 4 is 22.5 Å². The summed E-state index contributed by atoms with van der Waals surface area (Å²) in [5, 5.41) is 2.19. The van der Waals surface area contributed by atoms with Gasteiger partial charge in [0.25, 0.3) is 0 Å². The summed E-state index contributed by atoms with van der Waals surface area (Å²) >= 11 is 6.31. The van der Waals surface area contributed by atoms with E-state index in [-0.39, 0.29) is 0 Å². The second-order valence-corrected chi connectivity index (χ2v) is 5.98. The van der Waals surface area contributed by atoms with Crippen molar-refractivity contribution < 1.29 is 0 Å². The zero-order valence-corrected chi connectivity index (χ0v) is 11.1. The van der Waals surface area contributed by atoms with Crippen LogP contribution in [0.5, 0.6) is 0 Å². The van der Waals surface area contributed by atoms with Crippen LogP contribution in [0.1, 0.15) is 30.0 Å². The topological polar surface area (TPSA) is 19.0 Å². The standard InChI is InChI=1S/C15H17ClN2/c16-13-5-1-4-11-12-6-8-18-7-2-3-10(9-18)14(12)17-15(11)13/h1,4-5,10,17H,2-3,6-9H2. The number of aromatic nitrogens is 1. The van der Waals surface area contributed by atoms with Gasteiger partial charge < -0.3 is 9.88 Å². The molecule has 1 N–H and O–H groups in total. The first-order valence-corrected chi connectivity index (χ1v) is 7.22. The van der Waals surface area contributed by atoms with Crippen LogP contribution in [0, 0.1) is 0 Å². The fourth-order valence-corrected chi connectivity index (χ4v) is 3.86. The van der Waals surface area contributed by atoms with Gasteiger partial charge in [-0.25, -0.2) is 0 Å². The molecule has 2 bridgehead atoms. The highest BCUT2D eigenvalue weighted by Gasteiger charge is 2.29. The third kappa shape index (κ3) is 1.52. The third-order valence-corrected chi connectivity index (χ3v) is 4.83. The Morgan fingerprint density at radius 2 is 2.22 bits per heavy atom. The van der Waals surface area contributed by atoms with Gasteiger partial charge in [0.2, 0.25) is 0 Å². The minimum atomic E-state index is 0.680. The van der Waals surface area contributed by atoms with Crippen molar-refractivity contribution in [2.45, 2.75) is 25.2 Å². The van der Waals surface area contributed by atoms with Gasteiger partial charge in [-0.05, 0) is 37.4 Å². The zero-order chi connectivity index (χ0) is 12.1. The SMILES string of the molecule is Clc1cccc2c3c([nH]c12)C1CCCN(CC3)C1. The fraction of sp³-hybridized carbons (Fsp3) is 0.467. The largest absolute Gasteiger partial charge is 0.357 e. The molecule has 1 aromatic carbocycles. The molecule has 0 aliphatic carbocycles. The highest BCUT2D eigenvalue weighted by atomic mass is 35.5. The highest BCUT2D eigenvalue weighted by molar-refractivity contribution is 6.35. The molecular formula is C15H17ClN2. The van der Waals surface area contributed by atoms with E-state index in [0.717, 1.165) is 17.0 Å². The highest BCUT2D eigenvalue weighted by Crippen LogP contribution is 2.37. The predicted octanol–water partition coefficient (Wildman–Crippen LogP) is 3.56. The summed E-state index contributed by atoms with van der Waals surface area (Å²) in [5.41, 5.74) is 4.12. The first-order chi connectivity index (χ1) is 8.83. The molecular weight excluding hydrogens is 244 g/mol. The number of para-hydroxylation sites is 1. The van der Waals surface area contributed by atoms with Crippen molar-refractivity contribution in [2.75, 3.05) is 19.6 Å². The summed E-state index contributed by atoms with van der Waals surface area (Å²) in [6.07, 6.45) is 3.80. The molecule has 0 radical (unpaired) electrons. The summed E-state index contributed by atoms with van der Waals surface area (Å²) < 4.78 is 0. The normalized spacial score (nSPS) is 26.9. The zero-order valence-electron chi connectivity index (χ0n) is 10.4. The molecule has 2 atom stereocenters. The van der Waals surface area contributed by atoms with Gasteiger partial charge in [-0.3, -0.25) is 0 Å². The van der Waals surface area contributed by atoms with Crippen molar-refractivity contribution in [1.82, 2.24) is 9.88 Å². The van der Waals surface area contributed by atoms with Crippen molar-refractivity contribution in [3.8, 4) is 0 Å². The van der Waals surface area contributed by atoms with Crippen molar-refractivity contribution in [1.29, 1.82) is 0 Å². The van der Waals surface area contributed by atoms with Crippen molar-refractivity contribution in [3.63, 3.8) is 0 Å². The number of aromatic amines is 1. The molecule has 18 heavy (non-hydrogen) atoms. The quantitative estimate of drug-likeness (QED) is 0.767. The van der Waals surface area contributed by atoms with E-state index in [0.29, 0.717) is 5.92 Å². The van der Waals surface area contributed by atoms with Gasteiger partial charge in [-0.15, -0.1) is 0 Å². The van der Waals surface area contributed by atoms with Gasteiger partial charge in [0.15, 0.2) is 0 Å². The van der Waals surface area contributed by atoms with Crippen LogP contribution >= 0.6 is 11.6 Å². The van der Waals surface area contributed by atoms with E-state index in [1.807, 2.05) is 6.07 Å². The minimum absolute atomic E-state index is 0.680. The van der Waals surface area contributed by atoms with Gasteiger partial charge in [0.1, 0.15) is 0 Å². The van der Waals surface area contributed by atoms with Gasteiger partial charge in [-0.1, -0.05) is 23.7 Å². The summed E-state index contributed by atoms with van der Waals surface area (Å²) in [4.78, 5) is 6.23. The van der Waals surface area contributed by atoms with Crippen LogP contribution in [0.3, 0.4) is 0 Å². The molecule has 0 saturated carbocycles. The maximum absolute atomic E-state index is 6.31. The Labute approximate surface area is 112 Å². The van der Waals surface area contributed by atoms with Crippen LogP contribution in [0.4, 0.5) is 0 Å². The van der Waals surface area contributed by atoms with E-state index in [1.54, 1.807) is 0 Å². The number of benzene rings is 1. The van der Waals surface area contributed by atoms with Crippen LogP contribution in [0.2, 0.25) is 5.02 Å². The number of piperidine rings is 1. The number of hydrogen-bond acceptors (Lipinski definition) is 1. The number of nitrogens with zero attached hydrogens (tertiary/aromatic N) is 1. The molecule has 0 amide bonds. The van der Waals surface area contributed by atoms with Crippen LogP contribution < -0.4 is 0 Å². The van der Waals surface area contributed by atoms with Crippen LogP contribution in [-0.2, 0) is 6.42 Å². The Kier molecular flexibility index (Phi) is 2.42. The second-order valence-electron chi connectivity index (χ2n) is 5.57. The first kappa shape index (κ1) is 10.9. The summed E-state index contributed by atoms with van der Waals surface area (Å²) in [6, 6.07) is 6.25. The smallest absolute Gasteiger partial charge is 0.0648 e. The van der Waals surface area contributed by atoms with Gasteiger partial charge in [0.05, 0.1) is 10.5 Å². The third-order valence-electron chi connectivity index (χ3n) is 4.52. The van der Waals surface area contributed by atoms with Gasteiger partial charge in [0, 0.05) is 30.1 Å². The minimum Gasteiger partial charge on any atom is -0.357 e. The van der Waals surface area contributed by atoms with E-state index in [4.69, 9.17) is 11.6 Å². The predicted molar refractivity (Wildman–Crippen MR) is 75.4 cm³/mol. The second kappa shape index (κ2) is 4.01. The van der Waals surface area contributed by atoms with Crippen LogP contribution in [0.15, 0.2) is 18.2 Å². The molecule has 2 nitrogen and oxygen atoms in total. The monoisotopic (exact) mass is 260 g/mol. The number of H-pyrrole nitrogens is 1. The number of halogens is 1. The van der Waals surface area contributed by atoms with Crippen LogP contribution in [0.25, 0.3) is 10.9 Å². The Balaban J connectivity index is 1.94. The fourth-order valence-electron chi connectivity index (χ4n) is 3.64. The van der Waals surface area contributed by atoms with E-state index in [9.17, 15) is 0 Å². The number of hydrogen-bond donors (Lipinski definition) is 1. The molecule has 94 valence electrons.